The number of aromatic nitrogens is 1. The van der Waals surface area contributed by atoms with Crippen LogP contribution in [0.25, 0.3) is 0 Å². The first-order chi connectivity index (χ1) is 10.4. The van der Waals surface area contributed by atoms with Crippen LogP contribution in [0.5, 0.6) is 0 Å². The van der Waals surface area contributed by atoms with Crippen molar-refractivity contribution < 1.29 is 4.79 Å². The molecule has 2 aromatic rings. The number of amides is 1. The van der Waals surface area contributed by atoms with Gasteiger partial charge in [0.15, 0.2) is 10.8 Å². The summed E-state index contributed by atoms with van der Waals surface area (Å²) in [4.78, 5) is 15.8. The molecule has 0 aliphatic rings. The number of rotatable bonds is 3. The number of benzene rings is 1. The first-order valence-corrected chi connectivity index (χ1v) is 7.30. The Balaban J connectivity index is 2.15. The van der Waals surface area contributed by atoms with Crippen molar-refractivity contribution in [2.75, 3.05) is 5.73 Å². The number of hydrogen-bond donors (Lipinski definition) is 2. The molecule has 0 spiro atoms. The highest BCUT2D eigenvalue weighted by molar-refractivity contribution is 6.46. The molecule has 9 heteroatoms. The highest BCUT2D eigenvalue weighted by Crippen LogP contribution is 2.34. The van der Waals surface area contributed by atoms with Gasteiger partial charge in [0, 0.05) is 5.02 Å². The normalized spacial score (nSPS) is 10.9. The van der Waals surface area contributed by atoms with Crippen molar-refractivity contribution in [3.05, 3.63) is 55.7 Å². The smallest absolute Gasteiger partial charge is 0.291 e. The number of carbonyl (C=O) groups is 1. The molecule has 0 bridgehead atoms. The van der Waals surface area contributed by atoms with E-state index in [1.54, 1.807) is 24.3 Å². The Bertz CT molecular complexity index is 747. The van der Waals surface area contributed by atoms with Crippen molar-refractivity contribution in [2.45, 2.75) is 0 Å². The Morgan fingerprint density at radius 2 is 1.77 bits per heavy atom. The van der Waals surface area contributed by atoms with Crippen LogP contribution in [0.4, 0.5) is 5.69 Å². The van der Waals surface area contributed by atoms with Crippen LogP contribution >= 0.6 is 46.4 Å². The Morgan fingerprint density at radius 3 is 2.41 bits per heavy atom. The van der Waals surface area contributed by atoms with Gasteiger partial charge >= 0.3 is 0 Å². The van der Waals surface area contributed by atoms with E-state index in [-0.39, 0.29) is 26.6 Å². The van der Waals surface area contributed by atoms with Crippen molar-refractivity contribution >= 4 is 64.2 Å². The van der Waals surface area contributed by atoms with Gasteiger partial charge in [-0.2, -0.15) is 5.10 Å². The summed E-state index contributed by atoms with van der Waals surface area (Å²) in [6, 6.07) is 6.87. The van der Waals surface area contributed by atoms with Crippen LogP contribution < -0.4 is 11.2 Å². The molecular formula is C13H8Cl4N4O. The number of hydrogen-bond acceptors (Lipinski definition) is 4. The predicted octanol–water partition coefficient (Wildman–Crippen LogP) is 4.04. The van der Waals surface area contributed by atoms with Crippen LogP contribution in [0, 0.1) is 0 Å². The van der Waals surface area contributed by atoms with E-state index in [4.69, 9.17) is 52.1 Å². The molecular weight excluding hydrogens is 370 g/mol. The molecule has 0 atom stereocenters. The summed E-state index contributed by atoms with van der Waals surface area (Å²) >= 11 is 23.2. The van der Waals surface area contributed by atoms with E-state index < -0.39 is 5.91 Å². The van der Waals surface area contributed by atoms with Gasteiger partial charge in [-0.15, -0.1) is 0 Å². The van der Waals surface area contributed by atoms with Gasteiger partial charge in [0.25, 0.3) is 5.91 Å². The average molecular weight is 378 g/mol. The number of carbonyl (C=O) groups excluding carboxylic acids is 1. The lowest BCUT2D eigenvalue weighted by Crippen LogP contribution is -2.20. The number of nitrogen functional groups attached to an aromatic ring is 1. The lowest BCUT2D eigenvalue weighted by Gasteiger charge is -2.07. The number of halogens is 4. The molecule has 0 unspecified atom stereocenters. The van der Waals surface area contributed by atoms with E-state index >= 15 is 0 Å². The Kier molecular flexibility index (Phi) is 5.47. The van der Waals surface area contributed by atoms with E-state index in [1.165, 1.54) is 6.21 Å². The third-order valence-corrected chi connectivity index (χ3v) is 3.92. The fourth-order valence-electron chi connectivity index (χ4n) is 1.45. The molecule has 0 fully saturated rings. The first-order valence-electron chi connectivity index (χ1n) is 5.79. The topological polar surface area (TPSA) is 80.4 Å². The second-order valence-electron chi connectivity index (χ2n) is 4.04. The zero-order valence-electron chi connectivity index (χ0n) is 10.8. The van der Waals surface area contributed by atoms with Crippen LogP contribution in [0.15, 0.2) is 29.4 Å². The molecule has 2 rings (SSSR count). The summed E-state index contributed by atoms with van der Waals surface area (Å²) in [6.45, 7) is 0. The minimum Gasteiger partial charge on any atom is -0.396 e. The monoisotopic (exact) mass is 376 g/mol. The number of nitrogens with one attached hydrogen (secondary N) is 1. The molecule has 0 aliphatic carbocycles. The standard InChI is InChI=1S/C13H8Cl4N4O/c14-7-3-1-6(2-4-7)5-19-21-13(22)11-8(15)10(18)9(16)12(17)20-11/h1-5H,(H2,18,20)(H,21,22). The van der Waals surface area contributed by atoms with E-state index in [2.05, 4.69) is 15.5 Å². The van der Waals surface area contributed by atoms with Gasteiger partial charge in [0.2, 0.25) is 0 Å². The second-order valence-corrected chi connectivity index (χ2v) is 5.59. The molecule has 1 aromatic heterocycles. The molecule has 0 radical (unpaired) electrons. The molecule has 0 saturated heterocycles. The highest BCUT2D eigenvalue weighted by Gasteiger charge is 2.19. The van der Waals surface area contributed by atoms with E-state index in [1.807, 2.05) is 0 Å². The van der Waals surface area contributed by atoms with Crippen LogP contribution in [-0.2, 0) is 0 Å². The van der Waals surface area contributed by atoms with E-state index in [9.17, 15) is 4.79 Å². The van der Waals surface area contributed by atoms with Crippen LogP contribution in [0.3, 0.4) is 0 Å². The average Bonchev–Trinajstić information content (AvgIpc) is 2.50. The van der Waals surface area contributed by atoms with Gasteiger partial charge in [-0.05, 0) is 17.7 Å². The van der Waals surface area contributed by atoms with Crippen LogP contribution in [0.1, 0.15) is 16.1 Å². The maximum Gasteiger partial charge on any atom is 0.291 e. The summed E-state index contributed by atoms with van der Waals surface area (Å²) in [5, 5.41) is 4.18. The Hall–Kier alpha value is -1.53. The van der Waals surface area contributed by atoms with Crippen molar-refractivity contribution in [1.82, 2.24) is 10.4 Å². The minimum atomic E-state index is -0.666. The van der Waals surface area contributed by atoms with Crippen LogP contribution in [-0.4, -0.2) is 17.1 Å². The molecule has 3 N–H and O–H groups in total. The number of nitrogens with zero attached hydrogens (tertiary/aromatic N) is 2. The van der Waals surface area contributed by atoms with Crippen LogP contribution in [0.2, 0.25) is 20.2 Å². The maximum absolute atomic E-state index is 12.0. The minimum absolute atomic E-state index is 0.00659. The fourth-order valence-corrected chi connectivity index (χ4v) is 2.17. The molecule has 114 valence electrons. The molecule has 0 aliphatic heterocycles. The largest absolute Gasteiger partial charge is 0.396 e. The van der Waals surface area contributed by atoms with Gasteiger partial charge in [0.05, 0.1) is 16.9 Å². The quantitative estimate of drug-likeness (QED) is 0.481. The third-order valence-electron chi connectivity index (χ3n) is 2.54. The molecule has 0 saturated carbocycles. The summed E-state index contributed by atoms with van der Waals surface area (Å²) < 4.78 is 0. The van der Waals surface area contributed by atoms with Gasteiger partial charge in [0.1, 0.15) is 5.02 Å². The summed E-state index contributed by atoms with van der Waals surface area (Å²) in [6.07, 6.45) is 1.43. The number of anilines is 1. The summed E-state index contributed by atoms with van der Waals surface area (Å²) in [5.74, 6) is -0.666. The van der Waals surface area contributed by atoms with E-state index in [0.29, 0.717) is 5.02 Å². The third kappa shape index (κ3) is 3.81. The molecule has 1 amide bonds. The van der Waals surface area contributed by atoms with Crippen molar-refractivity contribution in [1.29, 1.82) is 0 Å². The van der Waals surface area contributed by atoms with E-state index in [0.717, 1.165) is 5.56 Å². The Morgan fingerprint density at radius 1 is 1.14 bits per heavy atom. The fraction of sp³-hybridized carbons (Fsp3) is 0. The molecule has 1 heterocycles. The summed E-state index contributed by atoms with van der Waals surface area (Å²) in [7, 11) is 0. The molecule has 22 heavy (non-hydrogen) atoms. The first kappa shape index (κ1) is 16.8. The van der Waals surface area contributed by atoms with Crippen molar-refractivity contribution in [3.63, 3.8) is 0 Å². The zero-order chi connectivity index (χ0) is 16.3. The number of hydrazone groups is 1. The van der Waals surface area contributed by atoms with Crippen molar-refractivity contribution in [2.24, 2.45) is 5.10 Å². The lowest BCUT2D eigenvalue weighted by molar-refractivity contribution is 0.0950. The highest BCUT2D eigenvalue weighted by atomic mass is 35.5. The SMILES string of the molecule is Nc1c(Cl)c(Cl)nc(C(=O)NN=Cc2ccc(Cl)cc2)c1Cl. The lowest BCUT2D eigenvalue weighted by atomic mass is 10.2. The second kappa shape index (κ2) is 7.15. The number of nitrogens with two attached hydrogens (primary N) is 1. The molecule has 5 nitrogen and oxygen atoms in total. The predicted molar refractivity (Wildman–Crippen MR) is 90.2 cm³/mol. The Labute approximate surface area is 146 Å². The van der Waals surface area contributed by atoms with Gasteiger partial charge in [-0.25, -0.2) is 10.4 Å². The number of pyridine rings is 1. The maximum atomic E-state index is 12.0. The van der Waals surface area contributed by atoms with Crippen molar-refractivity contribution in [3.8, 4) is 0 Å². The van der Waals surface area contributed by atoms with Gasteiger partial charge in [-0.3, -0.25) is 4.79 Å². The van der Waals surface area contributed by atoms with Gasteiger partial charge in [-0.1, -0.05) is 58.5 Å². The van der Waals surface area contributed by atoms with Gasteiger partial charge < -0.3 is 5.73 Å². The zero-order valence-corrected chi connectivity index (χ0v) is 13.8. The molecule has 1 aromatic carbocycles. The summed E-state index contributed by atoms with van der Waals surface area (Å²) in [5.41, 5.74) is 8.47.